The van der Waals surface area contributed by atoms with Crippen molar-refractivity contribution < 1.29 is 19.1 Å². The molecule has 0 bridgehead atoms. The van der Waals surface area contributed by atoms with Crippen LogP contribution in [-0.2, 0) is 9.53 Å². The molecule has 0 spiro atoms. The molecule has 0 aliphatic carbocycles. The number of rotatable bonds is 8. The predicted molar refractivity (Wildman–Crippen MR) is 98.7 cm³/mol. The van der Waals surface area contributed by atoms with Gasteiger partial charge in [0.2, 0.25) is 0 Å². The van der Waals surface area contributed by atoms with Crippen LogP contribution in [0, 0.1) is 0 Å². The van der Waals surface area contributed by atoms with E-state index in [9.17, 15) is 9.59 Å². The summed E-state index contributed by atoms with van der Waals surface area (Å²) in [6.07, 6.45) is 0. The van der Waals surface area contributed by atoms with Crippen molar-refractivity contribution in [2.75, 3.05) is 24.7 Å². The second-order valence-corrected chi connectivity index (χ2v) is 6.77. The molecule has 1 unspecified atom stereocenters. The Labute approximate surface area is 152 Å². The third kappa shape index (κ3) is 4.92. The number of thioether (sulfide) groups is 1. The van der Waals surface area contributed by atoms with Crippen LogP contribution in [-0.4, -0.2) is 36.7 Å². The van der Waals surface area contributed by atoms with E-state index in [0.29, 0.717) is 30.2 Å². The zero-order chi connectivity index (χ0) is 18.2. The first-order valence-corrected chi connectivity index (χ1v) is 9.48. The Kier molecular flexibility index (Phi) is 7.18. The third-order valence-electron chi connectivity index (χ3n) is 3.68. The highest BCUT2D eigenvalue weighted by atomic mass is 32.2. The molecule has 1 aliphatic heterocycles. The molecule has 0 fully saturated rings. The van der Waals surface area contributed by atoms with Crippen molar-refractivity contribution in [3.05, 3.63) is 41.1 Å². The first-order valence-electron chi connectivity index (χ1n) is 8.33. The molecular formula is C18H24N2O4S. The topological polar surface area (TPSA) is 76.7 Å². The second kappa shape index (κ2) is 9.36. The van der Waals surface area contributed by atoms with E-state index in [2.05, 4.69) is 17.6 Å². The summed E-state index contributed by atoms with van der Waals surface area (Å²) >= 11 is 1.71. The molecule has 2 amide bonds. The molecule has 1 atom stereocenters. The van der Waals surface area contributed by atoms with Crippen molar-refractivity contribution in [3.8, 4) is 5.75 Å². The lowest BCUT2D eigenvalue weighted by Gasteiger charge is -2.29. The second-order valence-electron chi connectivity index (χ2n) is 5.37. The summed E-state index contributed by atoms with van der Waals surface area (Å²) in [6, 6.07) is 6.41. The molecule has 0 radical (unpaired) electrons. The van der Waals surface area contributed by atoms with E-state index in [-0.39, 0.29) is 6.03 Å². The van der Waals surface area contributed by atoms with Crippen molar-refractivity contribution in [2.24, 2.45) is 0 Å². The molecule has 1 aromatic carbocycles. The lowest BCUT2D eigenvalue weighted by atomic mass is 9.95. The fraction of sp³-hybridized carbons (Fsp3) is 0.444. The minimum atomic E-state index is -0.608. The van der Waals surface area contributed by atoms with E-state index in [1.54, 1.807) is 18.7 Å². The Morgan fingerprint density at radius 3 is 2.76 bits per heavy atom. The summed E-state index contributed by atoms with van der Waals surface area (Å²) < 4.78 is 11.0. The average molecular weight is 364 g/mol. The van der Waals surface area contributed by atoms with Gasteiger partial charge in [-0.2, -0.15) is 11.8 Å². The first-order chi connectivity index (χ1) is 12.1. The summed E-state index contributed by atoms with van der Waals surface area (Å²) in [7, 11) is 0. The van der Waals surface area contributed by atoms with Gasteiger partial charge in [0.05, 0.1) is 18.2 Å². The van der Waals surface area contributed by atoms with Crippen LogP contribution in [0.4, 0.5) is 4.79 Å². The van der Waals surface area contributed by atoms with Gasteiger partial charge in [-0.25, -0.2) is 9.59 Å². The number of carbonyl (C=O) groups excluding carboxylic acids is 2. The van der Waals surface area contributed by atoms with Gasteiger partial charge in [-0.3, -0.25) is 0 Å². The molecule has 2 rings (SSSR count). The maximum Gasteiger partial charge on any atom is 0.338 e. The molecule has 7 heteroatoms. The lowest BCUT2D eigenvalue weighted by molar-refractivity contribution is -0.138. The monoisotopic (exact) mass is 364 g/mol. The molecular weight excluding hydrogens is 340 g/mol. The maximum absolute atomic E-state index is 12.6. The van der Waals surface area contributed by atoms with Crippen LogP contribution in [0.15, 0.2) is 35.5 Å². The van der Waals surface area contributed by atoms with Crippen LogP contribution in [0.25, 0.3) is 0 Å². The molecule has 0 saturated heterocycles. The minimum absolute atomic E-state index is 0.335. The number of carbonyl (C=O) groups is 2. The van der Waals surface area contributed by atoms with Gasteiger partial charge in [-0.15, -0.1) is 0 Å². The van der Waals surface area contributed by atoms with Crippen LogP contribution in [0.2, 0.25) is 0 Å². The van der Waals surface area contributed by atoms with Gasteiger partial charge in [-0.05, 0) is 25.7 Å². The average Bonchev–Trinajstić information content (AvgIpc) is 2.58. The summed E-state index contributed by atoms with van der Waals surface area (Å²) in [4.78, 5) is 24.6. The van der Waals surface area contributed by atoms with Crippen LogP contribution in [0.5, 0.6) is 5.75 Å². The highest BCUT2D eigenvalue weighted by Crippen LogP contribution is 2.33. The summed E-state index contributed by atoms with van der Waals surface area (Å²) in [6.45, 7) is 6.47. The van der Waals surface area contributed by atoms with E-state index < -0.39 is 12.0 Å². The molecule has 25 heavy (non-hydrogen) atoms. The fourth-order valence-corrected chi connectivity index (χ4v) is 3.11. The Hall–Kier alpha value is -2.15. The number of hydrogen-bond acceptors (Lipinski definition) is 5. The van der Waals surface area contributed by atoms with Crippen molar-refractivity contribution in [1.29, 1.82) is 0 Å². The van der Waals surface area contributed by atoms with Gasteiger partial charge in [0.15, 0.2) is 0 Å². The SMILES string of the molecule is CCOc1ccccc1C1NC(=O)NC(C)=C1C(=O)OCCSCC. The van der Waals surface area contributed by atoms with Crippen LogP contribution >= 0.6 is 11.8 Å². The standard InChI is InChI=1S/C18H24N2O4S/c1-4-23-14-9-7-6-8-13(14)16-15(12(3)19-18(22)20-16)17(21)24-10-11-25-5-2/h6-9,16H,4-5,10-11H2,1-3H3,(H2,19,20,22). The van der Waals surface area contributed by atoms with Crippen LogP contribution < -0.4 is 15.4 Å². The zero-order valence-corrected chi connectivity index (χ0v) is 15.6. The molecule has 136 valence electrons. The minimum Gasteiger partial charge on any atom is -0.494 e. The highest BCUT2D eigenvalue weighted by Gasteiger charge is 2.33. The van der Waals surface area contributed by atoms with Gasteiger partial charge in [0, 0.05) is 17.0 Å². The Morgan fingerprint density at radius 1 is 1.28 bits per heavy atom. The first kappa shape index (κ1) is 19.2. The van der Waals surface area contributed by atoms with E-state index in [0.717, 1.165) is 17.1 Å². The summed E-state index contributed by atoms with van der Waals surface area (Å²) in [5, 5.41) is 5.45. The predicted octanol–water partition coefficient (Wildman–Crippen LogP) is 3.01. The summed E-state index contributed by atoms with van der Waals surface area (Å²) in [5.41, 5.74) is 1.62. The largest absolute Gasteiger partial charge is 0.494 e. The molecule has 0 saturated carbocycles. The van der Waals surface area contributed by atoms with Gasteiger partial charge < -0.3 is 20.1 Å². The highest BCUT2D eigenvalue weighted by molar-refractivity contribution is 7.99. The molecule has 1 heterocycles. The number of amides is 2. The van der Waals surface area contributed by atoms with Crippen molar-refractivity contribution >= 4 is 23.8 Å². The van der Waals surface area contributed by atoms with Gasteiger partial charge in [0.1, 0.15) is 12.4 Å². The number of esters is 1. The Bertz CT molecular complexity index is 660. The summed E-state index contributed by atoms with van der Waals surface area (Å²) in [5.74, 6) is 1.92. The van der Waals surface area contributed by atoms with Crippen LogP contribution in [0.1, 0.15) is 32.4 Å². The number of ether oxygens (including phenoxy) is 2. The molecule has 1 aliphatic rings. The quantitative estimate of drug-likeness (QED) is 0.548. The van der Waals surface area contributed by atoms with Gasteiger partial charge in [-0.1, -0.05) is 25.1 Å². The number of para-hydroxylation sites is 1. The van der Waals surface area contributed by atoms with E-state index in [4.69, 9.17) is 9.47 Å². The Morgan fingerprint density at radius 2 is 2.04 bits per heavy atom. The fourth-order valence-electron chi connectivity index (χ4n) is 2.62. The molecule has 2 N–H and O–H groups in total. The number of urea groups is 1. The maximum atomic E-state index is 12.6. The number of benzene rings is 1. The molecule has 6 nitrogen and oxygen atoms in total. The zero-order valence-electron chi connectivity index (χ0n) is 14.8. The van der Waals surface area contributed by atoms with Crippen LogP contribution in [0.3, 0.4) is 0 Å². The molecule has 0 aromatic heterocycles. The normalized spacial score (nSPS) is 16.9. The number of nitrogens with one attached hydrogen (secondary N) is 2. The number of hydrogen-bond donors (Lipinski definition) is 2. The third-order valence-corrected chi connectivity index (χ3v) is 4.55. The van der Waals surface area contributed by atoms with E-state index in [1.807, 2.05) is 31.2 Å². The van der Waals surface area contributed by atoms with Crippen molar-refractivity contribution in [1.82, 2.24) is 10.6 Å². The van der Waals surface area contributed by atoms with E-state index >= 15 is 0 Å². The van der Waals surface area contributed by atoms with Crippen molar-refractivity contribution in [2.45, 2.75) is 26.8 Å². The lowest BCUT2D eigenvalue weighted by Crippen LogP contribution is -2.45. The van der Waals surface area contributed by atoms with E-state index in [1.165, 1.54) is 0 Å². The smallest absolute Gasteiger partial charge is 0.338 e. The van der Waals surface area contributed by atoms with Gasteiger partial charge in [0.25, 0.3) is 0 Å². The molecule has 1 aromatic rings. The Balaban J connectivity index is 2.29. The number of allylic oxidation sites excluding steroid dienone is 1. The van der Waals surface area contributed by atoms with Crippen molar-refractivity contribution in [3.63, 3.8) is 0 Å². The van der Waals surface area contributed by atoms with Gasteiger partial charge >= 0.3 is 12.0 Å².